The maximum absolute atomic E-state index is 12.8. The highest BCUT2D eigenvalue weighted by Crippen LogP contribution is 2.30. The summed E-state index contributed by atoms with van der Waals surface area (Å²) in [4.78, 5) is 24.9. The molecule has 2 aromatic heterocycles. The minimum absolute atomic E-state index is 0. The second-order valence-corrected chi connectivity index (χ2v) is 8.10. The van der Waals surface area contributed by atoms with E-state index in [0.29, 0.717) is 12.1 Å². The number of nitrogens with zero attached hydrogens (tertiary/aromatic N) is 3. The van der Waals surface area contributed by atoms with Gasteiger partial charge in [-0.3, -0.25) is 4.79 Å². The third-order valence-corrected chi connectivity index (χ3v) is 6.12. The van der Waals surface area contributed by atoms with E-state index in [1.807, 2.05) is 0 Å². The Balaban J connectivity index is 0.00000196. The third-order valence-electron chi connectivity index (χ3n) is 5.30. The molecule has 2 aromatic rings. The largest absolute Gasteiger partial charge is 0.355 e. The molecule has 0 saturated carbocycles. The van der Waals surface area contributed by atoms with Crippen LogP contribution in [0.25, 0.3) is 10.2 Å². The Bertz CT molecular complexity index is 754. The van der Waals surface area contributed by atoms with Gasteiger partial charge in [0.2, 0.25) is 5.91 Å². The number of nitrogens with one attached hydrogen (secondary N) is 2. The average molecular weight is 396 g/mol. The van der Waals surface area contributed by atoms with Gasteiger partial charge >= 0.3 is 0 Å². The Hall–Kier alpha value is -1.44. The van der Waals surface area contributed by atoms with E-state index in [4.69, 9.17) is 0 Å². The van der Waals surface area contributed by atoms with Crippen LogP contribution in [0.15, 0.2) is 17.8 Å². The molecule has 26 heavy (non-hydrogen) atoms. The smallest absolute Gasteiger partial charge is 0.225 e. The quantitative estimate of drug-likeness (QED) is 0.835. The maximum Gasteiger partial charge on any atom is 0.225 e. The standard InChI is InChI=1S/C18H25N5OS.ClH/c1-12-9-14(4-6-19-12)22-17(24)13-3-2-7-23(10-13)16-15-5-8-25-18(15)21-11-20-16;/h5,8,11-14,19H,2-4,6-7,9-10H2,1H3,(H,22,24);1H. The van der Waals surface area contributed by atoms with E-state index in [9.17, 15) is 4.79 Å². The predicted molar refractivity (Wildman–Crippen MR) is 108 cm³/mol. The van der Waals surface area contributed by atoms with E-state index >= 15 is 0 Å². The van der Waals surface area contributed by atoms with Crippen molar-refractivity contribution in [3.05, 3.63) is 17.8 Å². The molecule has 0 aliphatic carbocycles. The van der Waals surface area contributed by atoms with Crippen LogP contribution in [0, 0.1) is 5.92 Å². The number of carbonyl (C=O) groups is 1. The summed E-state index contributed by atoms with van der Waals surface area (Å²) in [7, 11) is 0. The SMILES string of the molecule is CC1CC(NC(=O)C2CCCN(c3ncnc4sccc34)C2)CCN1.Cl. The summed E-state index contributed by atoms with van der Waals surface area (Å²) in [6.07, 6.45) is 5.66. The van der Waals surface area contributed by atoms with E-state index in [1.165, 1.54) is 0 Å². The molecule has 0 spiro atoms. The molecule has 2 aliphatic heterocycles. The number of hydrogen-bond donors (Lipinski definition) is 2. The molecule has 6 nitrogen and oxygen atoms in total. The summed E-state index contributed by atoms with van der Waals surface area (Å²) in [5, 5.41) is 9.87. The predicted octanol–water partition coefficient (Wildman–Crippen LogP) is 2.59. The van der Waals surface area contributed by atoms with Gasteiger partial charge in [0.25, 0.3) is 0 Å². The topological polar surface area (TPSA) is 70.2 Å². The highest BCUT2D eigenvalue weighted by molar-refractivity contribution is 7.16. The summed E-state index contributed by atoms with van der Waals surface area (Å²) >= 11 is 1.63. The number of amides is 1. The van der Waals surface area contributed by atoms with Crippen LogP contribution in [0.4, 0.5) is 5.82 Å². The van der Waals surface area contributed by atoms with Gasteiger partial charge in [0.05, 0.1) is 11.3 Å². The fourth-order valence-electron chi connectivity index (χ4n) is 3.99. The fourth-order valence-corrected chi connectivity index (χ4v) is 4.72. The summed E-state index contributed by atoms with van der Waals surface area (Å²) in [5.41, 5.74) is 0. The van der Waals surface area contributed by atoms with E-state index < -0.39 is 0 Å². The van der Waals surface area contributed by atoms with Gasteiger partial charge in [0, 0.05) is 25.2 Å². The van der Waals surface area contributed by atoms with Gasteiger partial charge in [0.15, 0.2) is 0 Å². The Labute approximate surface area is 164 Å². The molecule has 2 saturated heterocycles. The number of rotatable bonds is 3. The third kappa shape index (κ3) is 4.10. The van der Waals surface area contributed by atoms with Crippen LogP contribution in [0.1, 0.15) is 32.6 Å². The van der Waals surface area contributed by atoms with Crippen molar-refractivity contribution in [3.8, 4) is 0 Å². The number of fused-ring (bicyclic) bond motifs is 1. The van der Waals surface area contributed by atoms with E-state index in [1.54, 1.807) is 17.7 Å². The summed E-state index contributed by atoms with van der Waals surface area (Å²) in [6.45, 7) is 4.87. The molecule has 2 N–H and O–H groups in total. The summed E-state index contributed by atoms with van der Waals surface area (Å²) in [5.74, 6) is 1.22. The van der Waals surface area contributed by atoms with Crippen LogP contribution in [-0.2, 0) is 4.79 Å². The zero-order chi connectivity index (χ0) is 17.2. The van der Waals surface area contributed by atoms with Crippen LogP contribution in [-0.4, -0.2) is 47.6 Å². The maximum atomic E-state index is 12.8. The molecule has 4 rings (SSSR count). The number of halogens is 1. The molecule has 2 aliphatic rings. The van der Waals surface area contributed by atoms with Gasteiger partial charge in [-0.1, -0.05) is 0 Å². The number of piperidine rings is 2. The number of carbonyl (C=O) groups excluding carboxylic acids is 1. The van der Waals surface area contributed by atoms with Crippen LogP contribution in [0.2, 0.25) is 0 Å². The Morgan fingerprint density at radius 1 is 1.38 bits per heavy atom. The highest BCUT2D eigenvalue weighted by atomic mass is 35.5. The minimum Gasteiger partial charge on any atom is -0.355 e. The Morgan fingerprint density at radius 3 is 3.12 bits per heavy atom. The van der Waals surface area contributed by atoms with Crippen molar-refractivity contribution < 1.29 is 4.79 Å². The lowest BCUT2D eigenvalue weighted by atomic mass is 9.95. The van der Waals surface area contributed by atoms with Gasteiger partial charge in [-0.2, -0.15) is 0 Å². The molecular formula is C18H26ClN5OS. The normalized spacial score (nSPS) is 26.3. The zero-order valence-electron chi connectivity index (χ0n) is 15.0. The fraction of sp³-hybridized carbons (Fsp3) is 0.611. The van der Waals surface area contributed by atoms with Crippen molar-refractivity contribution in [3.63, 3.8) is 0 Å². The summed E-state index contributed by atoms with van der Waals surface area (Å²) < 4.78 is 0. The molecule has 0 aromatic carbocycles. The molecule has 2 fully saturated rings. The number of thiophene rings is 1. The van der Waals surface area contributed by atoms with Gasteiger partial charge in [-0.25, -0.2) is 9.97 Å². The van der Waals surface area contributed by atoms with Crippen molar-refractivity contribution >= 4 is 45.7 Å². The lowest BCUT2D eigenvalue weighted by molar-refractivity contribution is -0.126. The average Bonchev–Trinajstić information content (AvgIpc) is 3.10. The number of anilines is 1. The second kappa shape index (κ2) is 8.50. The molecule has 3 unspecified atom stereocenters. The van der Waals surface area contributed by atoms with Crippen LogP contribution in [0.3, 0.4) is 0 Å². The van der Waals surface area contributed by atoms with Gasteiger partial charge in [-0.05, 0) is 50.6 Å². The first kappa shape index (κ1) is 19.3. The van der Waals surface area contributed by atoms with Crippen molar-refractivity contribution in [1.29, 1.82) is 0 Å². The molecule has 142 valence electrons. The van der Waals surface area contributed by atoms with E-state index in [-0.39, 0.29) is 24.2 Å². The summed E-state index contributed by atoms with van der Waals surface area (Å²) in [6, 6.07) is 2.87. The van der Waals surface area contributed by atoms with Crippen LogP contribution >= 0.6 is 23.7 Å². The first-order chi connectivity index (χ1) is 12.2. The van der Waals surface area contributed by atoms with Gasteiger partial charge in [-0.15, -0.1) is 23.7 Å². The van der Waals surface area contributed by atoms with Gasteiger partial charge < -0.3 is 15.5 Å². The molecule has 8 heteroatoms. The monoisotopic (exact) mass is 395 g/mol. The van der Waals surface area contributed by atoms with Crippen molar-refractivity contribution in [1.82, 2.24) is 20.6 Å². The first-order valence-electron chi connectivity index (χ1n) is 9.17. The van der Waals surface area contributed by atoms with Crippen molar-refractivity contribution in [2.75, 3.05) is 24.5 Å². The van der Waals surface area contributed by atoms with E-state index in [0.717, 1.165) is 61.4 Å². The Morgan fingerprint density at radius 2 is 2.27 bits per heavy atom. The molecule has 3 atom stereocenters. The number of aromatic nitrogens is 2. The minimum atomic E-state index is 0. The zero-order valence-corrected chi connectivity index (χ0v) is 16.6. The lowest BCUT2D eigenvalue weighted by Crippen LogP contribution is -2.50. The van der Waals surface area contributed by atoms with Crippen molar-refractivity contribution in [2.24, 2.45) is 5.92 Å². The van der Waals surface area contributed by atoms with Crippen LogP contribution < -0.4 is 15.5 Å². The highest BCUT2D eigenvalue weighted by Gasteiger charge is 2.29. The lowest BCUT2D eigenvalue weighted by Gasteiger charge is -2.35. The molecular weight excluding hydrogens is 370 g/mol. The molecule has 1 amide bonds. The first-order valence-corrected chi connectivity index (χ1v) is 10.1. The van der Waals surface area contributed by atoms with Crippen molar-refractivity contribution in [2.45, 2.75) is 44.7 Å². The second-order valence-electron chi connectivity index (χ2n) is 7.21. The Kier molecular flexibility index (Phi) is 6.32. The van der Waals surface area contributed by atoms with E-state index in [2.05, 4.69) is 43.9 Å². The van der Waals surface area contributed by atoms with Crippen LogP contribution in [0.5, 0.6) is 0 Å². The molecule has 4 heterocycles. The van der Waals surface area contributed by atoms with Gasteiger partial charge in [0.1, 0.15) is 17.0 Å². The molecule has 0 radical (unpaired) electrons. The molecule has 0 bridgehead atoms. The number of hydrogen-bond acceptors (Lipinski definition) is 6.